The highest BCUT2D eigenvalue weighted by molar-refractivity contribution is 5.50. The Morgan fingerprint density at radius 1 is 1.47 bits per heavy atom. The summed E-state index contributed by atoms with van der Waals surface area (Å²) in [5.41, 5.74) is 2.64. The van der Waals surface area contributed by atoms with E-state index in [9.17, 15) is 5.21 Å². The van der Waals surface area contributed by atoms with Crippen LogP contribution < -0.4 is 0 Å². The molecule has 6 heteroatoms. The molecule has 2 aromatic rings. The van der Waals surface area contributed by atoms with Crippen LogP contribution >= 0.6 is 0 Å². The fourth-order valence-corrected chi connectivity index (χ4v) is 1.87. The third kappa shape index (κ3) is 1.19. The van der Waals surface area contributed by atoms with Gasteiger partial charge in [0.15, 0.2) is 5.82 Å². The van der Waals surface area contributed by atoms with Gasteiger partial charge in [0, 0.05) is 13.1 Å². The van der Waals surface area contributed by atoms with E-state index in [1.165, 1.54) is 11.3 Å². The van der Waals surface area contributed by atoms with Crippen molar-refractivity contribution in [3.05, 3.63) is 23.7 Å². The van der Waals surface area contributed by atoms with Gasteiger partial charge in [-0.25, -0.2) is 4.98 Å². The van der Waals surface area contributed by atoms with Crippen LogP contribution in [0.25, 0.3) is 11.5 Å². The SMILES string of the molecule is Cn1c(-c2ccon2)nc2c1CN(O)C2. The van der Waals surface area contributed by atoms with Crippen molar-refractivity contribution in [1.82, 2.24) is 19.8 Å². The van der Waals surface area contributed by atoms with Gasteiger partial charge in [-0.15, -0.1) is 0 Å². The summed E-state index contributed by atoms with van der Waals surface area (Å²) in [6.07, 6.45) is 1.52. The Hall–Kier alpha value is -1.66. The van der Waals surface area contributed by atoms with E-state index in [1.54, 1.807) is 6.07 Å². The van der Waals surface area contributed by atoms with Gasteiger partial charge in [0.25, 0.3) is 0 Å². The topological polar surface area (TPSA) is 67.3 Å². The lowest BCUT2D eigenvalue weighted by atomic mass is 10.4. The highest BCUT2D eigenvalue weighted by Gasteiger charge is 2.25. The minimum absolute atomic E-state index is 0.473. The second kappa shape index (κ2) is 2.91. The molecular formula is C9H10N4O2. The van der Waals surface area contributed by atoms with Crippen LogP contribution in [-0.4, -0.2) is 25.0 Å². The molecule has 15 heavy (non-hydrogen) atoms. The molecule has 3 rings (SSSR count). The first-order valence-electron chi connectivity index (χ1n) is 4.65. The van der Waals surface area contributed by atoms with Gasteiger partial charge in [-0.1, -0.05) is 5.16 Å². The first-order valence-corrected chi connectivity index (χ1v) is 4.65. The van der Waals surface area contributed by atoms with Crippen molar-refractivity contribution in [2.24, 2.45) is 7.05 Å². The molecule has 1 aliphatic rings. The largest absolute Gasteiger partial charge is 0.364 e. The van der Waals surface area contributed by atoms with E-state index in [0.29, 0.717) is 13.1 Å². The Kier molecular flexibility index (Phi) is 1.68. The molecule has 0 radical (unpaired) electrons. The molecule has 0 saturated carbocycles. The maximum absolute atomic E-state index is 9.33. The normalized spacial score (nSPS) is 15.9. The smallest absolute Gasteiger partial charge is 0.162 e. The third-order valence-corrected chi connectivity index (χ3v) is 2.63. The Morgan fingerprint density at radius 3 is 3.00 bits per heavy atom. The van der Waals surface area contributed by atoms with Gasteiger partial charge in [-0.2, -0.15) is 5.06 Å². The van der Waals surface area contributed by atoms with Crippen molar-refractivity contribution >= 4 is 0 Å². The molecule has 0 spiro atoms. The maximum atomic E-state index is 9.33. The fraction of sp³-hybridized carbons (Fsp3) is 0.333. The van der Waals surface area contributed by atoms with Gasteiger partial charge in [-0.05, 0) is 0 Å². The van der Waals surface area contributed by atoms with Crippen LogP contribution in [0.1, 0.15) is 11.4 Å². The highest BCUT2D eigenvalue weighted by atomic mass is 16.5. The number of hydrogen-bond donors (Lipinski definition) is 1. The molecule has 6 nitrogen and oxygen atoms in total. The molecule has 0 bridgehead atoms. The monoisotopic (exact) mass is 206 g/mol. The molecule has 78 valence electrons. The fourth-order valence-electron chi connectivity index (χ4n) is 1.87. The van der Waals surface area contributed by atoms with Gasteiger partial charge in [0.05, 0.1) is 24.5 Å². The van der Waals surface area contributed by atoms with Crippen LogP contribution in [0.4, 0.5) is 0 Å². The Morgan fingerprint density at radius 2 is 2.33 bits per heavy atom. The van der Waals surface area contributed by atoms with Gasteiger partial charge < -0.3 is 14.3 Å². The van der Waals surface area contributed by atoms with Crippen LogP contribution in [0, 0.1) is 0 Å². The van der Waals surface area contributed by atoms with Crippen LogP contribution in [-0.2, 0) is 20.1 Å². The van der Waals surface area contributed by atoms with Gasteiger partial charge >= 0.3 is 0 Å². The van der Waals surface area contributed by atoms with Gasteiger partial charge in [0.2, 0.25) is 0 Å². The van der Waals surface area contributed by atoms with Crippen molar-refractivity contribution in [1.29, 1.82) is 0 Å². The number of hydroxylamine groups is 2. The summed E-state index contributed by atoms with van der Waals surface area (Å²) in [5, 5.41) is 14.4. The molecule has 3 heterocycles. The van der Waals surface area contributed by atoms with E-state index < -0.39 is 0 Å². The second-order valence-electron chi connectivity index (χ2n) is 3.60. The Balaban J connectivity index is 2.10. The van der Waals surface area contributed by atoms with E-state index in [0.717, 1.165) is 22.9 Å². The number of fused-ring (bicyclic) bond motifs is 1. The molecule has 0 unspecified atom stereocenters. The summed E-state index contributed by atoms with van der Waals surface area (Å²) in [7, 11) is 1.91. The first-order chi connectivity index (χ1) is 7.25. The zero-order chi connectivity index (χ0) is 10.4. The van der Waals surface area contributed by atoms with E-state index in [-0.39, 0.29) is 0 Å². The van der Waals surface area contributed by atoms with Crippen molar-refractivity contribution in [2.45, 2.75) is 13.1 Å². The average Bonchev–Trinajstić information content (AvgIpc) is 2.84. The quantitative estimate of drug-likeness (QED) is 0.746. The standard InChI is InChI=1S/C9H10N4O2/c1-12-8-5-13(14)4-7(8)10-9(12)6-2-3-15-11-6/h2-3,14H,4-5H2,1H3. The molecule has 0 atom stereocenters. The summed E-state index contributed by atoms with van der Waals surface area (Å²) in [5.74, 6) is 0.779. The number of rotatable bonds is 1. The number of nitrogens with zero attached hydrogens (tertiary/aromatic N) is 4. The van der Waals surface area contributed by atoms with Crippen molar-refractivity contribution < 1.29 is 9.73 Å². The Labute approximate surface area is 85.7 Å². The Bertz CT molecular complexity index is 488. The predicted molar refractivity (Wildman–Crippen MR) is 49.7 cm³/mol. The van der Waals surface area contributed by atoms with Gasteiger partial charge in [0.1, 0.15) is 12.0 Å². The summed E-state index contributed by atoms with van der Waals surface area (Å²) in [6, 6.07) is 1.77. The molecule has 1 aliphatic heterocycles. The first kappa shape index (κ1) is 8.63. The van der Waals surface area contributed by atoms with Crippen LogP contribution in [0.3, 0.4) is 0 Å². The van der Waals surface area contributed by atoms with Crippen molar-refractivity contribution in [3.8, 4) is 11.5 Å². The summed E-state index contributed by atoms with van der Waals surface area (Å²) < 4.78 is 6.72. The molecular weight excluding hydrogens is 196 g/mol. The molecule has 2 aromatic heterocycles. The number of hydrogen-bond acceptors (Lipinski definition) is 5. The van der Waals surface area contributed by atoms with E-state index in [2.05, 4.69) is 10.1 Å². The highest BCUT2D eigenvalue weighted by Crippen LogP contribution is 2.25. The van der Waals surface area contributed by atoms with E-state index >= 15 is 0 Å². The number of imidazole rings is 1. The number of aromatic nitrogens is 3. The lowest BCUT2D eigenvalue weighted by molar-refractivity contribution is -0.0984. The van der Waals surface area contributed by atoms with E-state index in [4.69, 9.17) is 4.52 Å². The third-order valence-electron chi connectivity index (χ3n) is 2.63. The maximum Gasteiger partial charge on any atom is 0.162 e. The molecule has 0 amide bonds. The second-order valence-corrected chi connectivity index (χ2v) is 3.60. The molecule has 0 saturated heterocycles. The van der Waals surface area contributed by atoms with Crippen LogP contribution in [0.15, 0.2) is 16.9 Å². The van der Waals surface area contributed by atoms with Crippen molar-refractivity contribution in [3.63, 3.8) is 0 Å². The molecule has 1 N–H and O–H groups in total. The predicted octanol–water partition coefficient (Wildman–Crippen LogP) is 0.780. The average molecular weight is 206 g/mol. The lowest BCUT2D eigenvalue weighted by Gasteiger charge is -2.05. The van der Waals surface area contributed by atoms with Crippen LogP contribution in [0.2, 0.25) is 0 Å². The molecule has 0 aromatic carbocycles. The molecule has 0 aliphatic carbocycles. The van der Waals surface area contributed by atoms with E-state index in [1.807, 2.05) is 11.6 Å². The summed E-state index contributed by atoms with van der Waals surface area (Å²) in [4.78, 5) is 4.42. The minimum Gasteiger partial charge on any atom is -0.364 e. The van der Waals surface area contributed by atoms with Crippen molar-refractivity contribution in [2.75, 3.05) is 0 Å². The zero-order valence-corrected chi connectivity index (χ0v) is 8.21. The summed E-state index contributed by atoms with van der Waals surface area (Å²) >= 11 is 0. The summed E-state index contributed by atoms with van der Waals surface area (Å²) in [6.45, 7) is 0.984. The zero-order valence-electron chi connectivity index (χ0n) is 8.21. The minimum atomic E-state index is 0.473. The molecule has 0 fully saturated rings. The van der Waals surface area contributed by atoms with Gasteiger partial charge in [-0.3, -0.25) is 0 Å². The lowest BCUT2D eigenvalue weighted by Crippen LogP contribution is -2.12. The van der Waals surface area contributed by atoms with Crippen LogP contribution in [0.5, 0.6) is 0 Å².